The fraction of sp³-hybridized carbons (Fsp3) is 0.188. The number of halogens is 1. The van der Waals surface area contributed by atoms with E-state index >= 15 is 0 Å². The minimum atomic E-state index is -0.492. The van der Waals surface area contributed by atoms with Crippen LogP contribution in [0.5, 0.6) is 5.75 Å². The Morgan fingerprint density at radius 2 is 1.80 bits per heavy atom. The molecule has 2 aromatic rings. The van der Waals surface area contributed by atoms with E-state index < -0.39 is 5.91 Å². The molecule has 0 aliphatic rings. The zero-order chi connectivity index (χ0) is 14.7. The first-order chi connectivity index (χ1) is 9.45. The lowest BCUT2D eigenvalue weighted by Crippen LogP contribution is -2.11. The molecule has 0 saturated carbocycles. The molecule has 0 unspecified atom stereocenters. The Morgan fingerprint density at radius 3 is 2.35 bits per heavy atom. The number of ether oxygens (including phenoxy) is 1. The standard InChI is InChI=1S/C16H16ClNO2/c1-10-5-11(2)7-14(6-10)20-9-13-4-3-12(16(18)19)8-15(13)17/h3-8H,9H2,1-2H3,(H2,18,19). The van der Waals surface area contributed by atoms with E-state index in [0.29, 0.717) is 17.2 Å². The number of amides is 1. The molecule has 4 heteroatoms. The Balaban J connectivity index is 2.12. The highest BCUT2D eigenvalue weighted by Crippen LogP contribution is 2.22. The SMILES string of the molecule is Cc1cc(C)cc(OCc2ccc(C(N)=O)cc2Cl)c1. The highest BCUT2D eigenvalue weighted by atomic mass is 35.5. The van der Waals surface area contributed by atoms with E-state index in [4.69, 9.17) is 22.1 Å². The highest BCUT2D eigenvalue weighted by molar-refractivity contribution is 6.31. The van der Waals surface area contributed by atoms with Crippen LogP contribution in [-0.4, -0.2) is 5.91 Å². The normalized spacial score (nSPS) is 10.3. The molecule has 0 heterocycles. The molecular formula is C16H16ClNO2. The summed E-state index contributed by atoms with van der Waals surface area (Å²) >= 11 is 6.11. The van der Waals surface area contributed by atoms with Crippen molar-refractivity contribution in [2.75, 3.05) is 0 Å². The molecule has 1 amide bonds. The van der Waals surface area contributed by atoms with Crippen LogP contribution in [0.2, 0.25) is 5.02 Å². The number of hydrogen-bond donors (Lipinski definition) is 1. The van der Waals surface area contributed by atoms with Crippen molar-refractivity contribution in [1.29, 1.82) is 0 Å². The predicted molar refractivity (Wildman–Crippen MR) is 80.2 cm³/mol. The second-order valence-corrected chi connectivity index (χ2v) is 5.19. The van der Waals surface area contributed by atoms with Gasteiger partial charge in [-0.3, -0.25) is 4.79 Å². The van der Waals surface area contributed by atoms with Crippen molar-refractivity contribution in [2.24, 2.45) is 5.73 Å². The van der Waals surface area contributed by atoms with Gasteiger partial charge in [-0.2, -0.15) is 0 Å². The second kappa shape index (κ2) is 5.97. The van der Waals surface area contributed by atoms with Gasteiger partial charge in [0.1, 0.15) is 12.4 Å². The maximum absolute atomic E-state index is 11.1. The molecule has 0 aliphatic carbocycles. The molecule has 2 N–H and O–H groups in total. The minimum absolute atomic E-state index is 0.348. The fourth-order valence-electron chi connectivity index (χ4n) is 1.99. The number of primary amides is 1. The van der Waals surface area contributed by atoms with Gasteiger partial charge in [-0.25, -0.2) is 0 Å². The van der Waals surface area contributed by atoms with E-state index in [0.717, 1.165) is 22.4 Å². The summed E-state index contributed by atoms with van der Waals surface area (Å²) in [7, 11) is 0. The van der Waals surface area contributed by atoms with E-state index in [1.54, 1.807) is 18.2 Å². The van der Waals surface area contributed by atoms with Crippen molar-refractivity contribution >= 4 is 17.5 Å². The van der Waals surface area contributed by atoms with Gasteiger partial charge in [-0.05, 0) is 49.2 Å². The van der Waals surface area contributed by atoms with Gasteiger partial charge in [-0.1, -0.05) is 23.7 Å². The van der Waals surface area contributed by atoms with Gasteiger partial charge in [0.2, 0.25) is 5.91 Å². The van der Waals surface area contributed by atoms with Gasteiger partial charge >= 0.3 is 0 Å². The smallest absolute Gasteiger partial charge is 0.248 e. The van der Waals surface area contributed by atoms with Crippen LogP contribution in [0.25, 0.3) is 0 Å². The Hall–Kier alpha value is -2.00. The summed E-state index contributed by atoms with van der Waals surface area (Å²) in [6, 6.07) is 11.0. The van der Waals surface area contributed by atoms with Gasteiger partial charge in [-0.15, -0.1) is 0 Å². The molecule has 0 spiro atoms. The van der Waals surface area contributed by atoms with Crippen LogP contribution < -0.4 is 10.5 Å². The average molecular weight is 290 g/mol. The Bertz CT molecular complexity index is 633. The molecule has 20 heavy (non-hydrogen) atoms. The quantitative estimate of drug-likeness (QED) is 0.934. The number of carbonyl (C=O) groups is 1. The van der Waals surface area contributed by atoms with Crippen molar-refractivity contribution < 1.29 is 9.53 Å². The first-order valence-electron chi connectivity index (χ1n) is 6.25. The molecule has 0 aliphatic heterocycles. The third kappa shape index (κ3) is 3.52. The fourth-order valence-corrected chi connectivity index (χ4v) is 2.23. The molecule has 0 atom stereocenters. The molecule has 3 nitrogen and oxygen atoms in total. The summed E-state index contributed by atoms with van der Waals surface area (Å²) in [5, 5.41) is 0.477. The van der Waals surface area contributed by atoms with Gasteiger partial charge in [0.25, 0.3) is 0 Å². The lowest BCUT2D eigenvalue weighted by Gasteiger charge is -2.10. The third-order valence-corrected chi connectivity index (χ3v) is 3.28. The third-order valence-electron chi connectivity index (χ3n) is 2.93. The second-order valence-electron chi connectivity index (χ2n) is 4.78. The van der Waals surface area contributed by atoms with E-state index in [1.807, 2.05) is 26.0 Å². The number of hydrogen-bond acceptors (Lipinski definition) is 2. The van der Waals surface area contributed by atoms with Gasteiger partial charge in [0.15, 0.2) is 0 Å². The number of benzene rings is 2. The topological polar surface area (TPSA) is 52.3 Å². The number of rotatable bonds is 4. The summed E-state index contributed by atoms with van der Waals surface area (Å²) in [5.41, 5.74) is 8.71. The lowest BCUT2D eigenvalue weighted by atomic mass is 10.1. The first-order valence-corrected chi connectivity index (χ1v) is 6.63. The van der Waals surface area contributed by atoms with E-state index in [2.05, 4.69) is 6.07 Å². The van der Waals surface area contributed by atoms with Crippen molar-refractivity contribution in [3.8, 4) is 5.75 Å². The van der Waals surface area contributed by atoms with Gasteiger partial charge in [0.05, 0.1) is 0 Å². The molecule has 0 radical (unpaired) electrons. The molecule has 0 saturated heterocycles. The summed E-state index contributed by atoms with van der Waals surface area (Å²) < 4.78 is 5.73. The maximum Gasteiger partial charge on any atom is 0.248 e. The van der Waals surface area contributed by atoms with Gasteiger partial charge < -0.3 is 10.5 Å². The molecule has 2 aromatic carbocycles. The van der Waals surface area contributed by atoms with Crippen molar-refractivity contribution in [3.05, 3.63) is 63.7 Å². The van der Waals surface area contributed by atoms with Crippen LogP contribution in [0.4, 0.5) is 0 Å². The monoisotopic (exact) mass is 289 g/mol. The van der Waals surface area contributed by atoms with E-state index in [1.165, 1.54) is 0 Å². The Morgan fingerprint density at radius 1 is 1.15 bits per heavy atom. The van der Waals surface area contributed by atoms with Gasteiger partial charge in [0, 0.05) is 16.1 Å². The van der Waals surface area contributed by atoms with E-state index in [9.17, 15) is 4.79 Å². The van der Waals surface area contributed by atoms with Crippen molar-refractivity contribution in [2.45, 2.75) is 20.5 Å². The lowest BCUT2D eigenvalue weighted by molar-refractivity contribution is 0.1000. The molecule has 0 aromatic heterocycles. The van der Waals surface area contributed by atoms with Crippen LogP contribution in [0.1, 0.15) is 27.0 Å². The Labute approximate surface area is 123 Å². The summed E-state index contributed by atoms with van der Waals surface area (Å²) in [4.78, 5) is 11.1. The first kappa shape index (κ1) is 14.4. The molecule has 0 bridgehead atoms. The minimum Gasteiger partial charge on any atom is -0.489 e. The van der Waals surface area contributed by atoms with E-state index in [-0.39, 0.29) is 0 Å². The maximum atomic E-state index is 11.1. The molecule has 0 fully saturated rings. The summed E-state index contributed by atoms with van der Waals surface area (Å²) in [6.45, 7) is 4.39. The molecule has 104 valence electrons. The zero-order valence-corrected chi connectivity index (χ0v) is 12.2. The van der Waals surface area contributed by atoms with Crippen LogP contribution in [-0.2, 0) is 6.61 Å². The number of carbonyl (C=O) groups excluding carboxylic acids is 1. The largest absolute Gasteiger partial charge is 0.489 e. The highest BCUT2D eigenvalue weighted by Gasteiger charge is 2.06. The molecular weight excluding hydrogens is 274 g/mol. The zero-order valence-electron chi connectivity index (χ0n) is 11.4. The summed E-state index contributed by atoms with van der Waals surface area (Å²) in [6.07, 6.45) is 0. The summed E-state index contributed by atoms with van der Waals surface area (Å²) in [5.74, 6) is 0.311. The Kier molecular flexibility index (Phi) is 4.30. The van der Waals surface area contributed by atoms with Crippen LogP contribution in [0, 0.1) is 13.8 Å². The van der Waals surface area contributed by atoms with Crippen molar-refractivity contribution in [3.63, 3.8) is 0 Å². The number of nitrogens with two attached hydrogens (primary N) is 1. The van der Waals surface area contributed by atoms with Crippen LogP contribution in [0.15, 0.2) is 36.4 Å². The van der Waals surface area contributed by atoms with Crippen molar-refractivity contribution in [1.82, 2.24) is 0 Å². The van der Waals surface area contributed by atoms with Crippen LogP contribution in [0.3, 0.4) is 0 Å². The van der Waals surface area contributed by atoms with Crippen LogP contribution >= 0.6 is 11.6 Å². The number of aryl methyl sites for hydroxylation is 2. The average Bonchev–Trinajstić information content (AvgIpc) is 2.36. The molecule has 2 rings (SSSR count). The predicted octanol–water partition coefficient (Wildman–Crippen LogP) is 3.63.